The van der Waals surface area contributed by atoms with E-state index in [1.165, 1.54) is 30.9 Å². The maximum absolute atomic E-state index is 12.1. The van der Waals surface area contributed by atoms with Crippen LogP contribution < -0.4 is 15.6 Å². The molecule has 0 radical (unpaired) electrons. The first-order valence-electron chi connectivity index (χ1n) is 7.56. The van der Waals surface area contributed by atoms with Gasteiger partial charge in [0.2, 0.25) is 0 Å². The third-order valence-corrected chi connectivity index (χ3v) is 4.06. The number of amides is 2. The molecule has 8 nitrogen and oxygen atoms in total. The summed E-state index contributed by atoms with van der Waals surface area (Å²) < 4.78 is 5.61. The Morgan fingerprint density at radius 2 is 1.93 bits per heavy atom. The van der Waals surface area contributed by atoms with Crippen molar-refractivity contribution in [2.45, 2.75) is 0 Å². The van der Waals surface area contributed by atoms with Crippen molar-refractivity contribution in [3.8, 4) is 11.5 Å². The zero-order valence-corrected chi connectivity index (χ0v) is 15.7. The molecule has 27 heavy (non-hydrogen) atoms. The fourth-order valence-electron chi connectivity index (χ4n) is 2.00. The zero-order valence-electron chi connectivity index (χ0n) is 14.1. The predicted molar refractivity (Wildman–Crippen MR) is 103 cm³/mol. The summed E-state index contributed by atoms with van der Waals surface area (Å²) in [6.07, 6.45) is 4.05. The van der Waals surface area contributed by atoms with Crippen LogP contribution in [0.1, 0.15) is 21.5 Å². The molecule has 9 heteroatoms. The summed E-state index contributed by atoms with van der Waals surface area (Å²) in [6.45, 7) is 0. The summed E-state index contributed by atoms with van der Waals surface area (Å²) in [4.78, 5) is 23.0. The molecule has 0 saturated carbocycles. The van der Waals surface area contributed by atoms with Crippen LogP contribution in [-0.2, 0) is 4.79 Å². The summed E-state index contributed by atoms with van der Waals surface area (Å²) in [6, 6.07) is 9.45. The molecule has 2 amide bonds. The lowest BCUT2D eigenvalue weighted by atomic mass is 10.1. The van der Waals surface area contributed by atoms with Crippen LogP contribution in [0.5, 0.6) is 11.5 Å². The molecule has 0 bridgehead atoms. The molecule has 2 aromatic carbocycles. The van der Waals surface area contributed by atoms with E-state index in [9.17, 15) is 14.7 Å². The Labute approximate surface area is 163 Å². The van der Waals surface area contributed by atoms with Crippen LogP contribution >= 0.6 is 15.9 Å². The minimum absolute atomic E-state index is 0.0174. The van der Waals surface area contributed by atoms with E-state index in [0.29, 0.717) is 21.2 Å². The van der Waals surface area contributed by atoms with Crippen LogP contribution in [0, 0.1) is 0 Å². The highest BCUT2D eigenvalue weighted by Crippen LogP contribution is 2.31. The SMILES string of the molecule is COc1cc(/C=N/NC(=O)c2ccc(/C=C/C(=O)NO)cc2)c(Br)cc1O. The molecule has 2 rings (SSSR count). The highest BCUT2D eigenvalue weighted by Gasteiger charge is 2.07. The molecule has 140 valence electrons. The summed E-state index contributed by atoms with van der Waals surface area (Å²) in [5, 5.41) is 22.0. The third-order valence-electron chi connectivity index (χ3n) is 3.38. The Bertz CT molecular complexity index is 895. The van der Waals surface area contributed by atoms with Crippen molar-refractivity contribution >= 4 is 40.0 Å². The molecule has 0 aliphatic rings. The maximum atomic E-state index is 12.1. The Balaban J connectivity index is 2.02. The number of hydroxylamine groups is 1. The first kappa shape index (κ1) is 20.1. The largest absolute Gasteiger partial charge is 0.504 e. The number of carbonyl (C=O) groups is 2. The smallest absolute Gasteiger partial charge is 0.271 e. The molecule has 0 spiro atoms. The minimum Gasteiger partial charge on any atom is -0.504 e. The van der Waals surface area contributed by atoms with E-state index in [1.807, 2.05) is 0 Å². The van der Waals surface area contributed by atoms with Crippen molar-refractivity contribution in [3.63, 3.8) is 0 Å². The quantitative estimate of drug-likeness (QED) is 0.241. The van der Waals surface area contributed by atoms with Gasteiger partial charge < -0.3 is 9.84 Å². The molecular formula is C18H16BrN3O5. The zero-order chi connectivity index (χ0) is 19.8. The highest BCUT2D eigenvalue weighted by molar-refractivity contribution is 9.10. The van der Waals surface area contributed by atoms with E-state index in [4.69, 9.17) is 9.94 Å². The number of nitrogens with one attached hydrogen (secondary N) is 2. The molecule has 0 aliphatic carbocycles. The molecule has 2 aromatic rings. The minimum atomic E-state index is -0.650. The molecule has 0 aliphatic heterocycles. The van der Waals surface area contributed by atoms with Gasteiger partial charge in [0.15, 0.2) is 11.5 Å². The number of nitrogens with zero attached hydrogens (tertiary/aromatic N) is 1. The van der Waals surface area contributed by atoms with Crippen molar-refractivity contribution in [2.75, 3.05) is 7.11 Å². The molecule has 0 aromatic heterocycles. The van der Waals surface area contributed by atoms with Gasteiger partial charge in [-0.05, 0) is 51.8 Å². The van der Waals surface area contributed by atoms with E-state index in [-0.39, 0.29) is 11.5 Å². The van der Waals surface area contributed by atoms with Gasteiger partial charge in [-0.3, -0.25) is 14.8 Å². The van der Waals surface area contributed by atoms with E-state index in [1.54, 1.807) is 30.3 Å². The van der Waals surface area contributed by atoms with E-state index in [0.717, 1.165) is 6.08 Å². The molecule has 0 fully saturated rings. The predicted octanol–water partition coefficient (Wildman–Crippen LogP) is 2.45. The van der Waals surface area contributed by atoms with Crippen LogP contribution in [0.3, 0.4) is 0 Å². The number of hydrazone groups is 1. The molecule has 0 unspecified atom stereocenters. The van der Waals surface area contributed by atoms with Gasteiger partial charge in [-0.2, -0.15) is 5.10 Å². The molecule has 4 N–H and O–H groups in total. The van der Waals surface area contributed by atoms with Crippen molar-refractivity contribution in [3.05, 3.63) is 63.6 Å². The second kappa shape index (κ2) is 9.51. The summed E-state index contributed by atoms with van der Waals surface area (Å²) in [7, 11) is 1.43. The van der Waals surface area contributed by atoms with E-state index < -0.39 is 11.8 Å². The highest BCUT2D eigenvalue weighted by atomic mass is 79.9. The Morgan fingerprint density at radius 1 is 1.22 bits per heavy atom. The number of benzene rings is 2. The third kappa shape index (κ3) is 5.66. The van der Waals surface area contributed by atoms with E-state index >= 15 is 0 Å². The van der Waals surface area contributed by atoms with Gasteiger partial charge in [-0.1, -0.05) is 12.1 Å². The maximum Gasteiger partial charge on any atom is 0.271 e. The van der Waals surface area contributed by atoms with Crippen LogP contribution in [-0.4, -0.2) is 35.5 Å². The number of carbonyl (C=O) groups excluding carboxylic acids is 2. The van der Waals surface area contributed by atoms with Gasteiger partial charge in [0.25, 0.3) is 11.8 Å². The van der Waals surface area contributed by atoms with Crippen LogP contribution in [0.25, 0.3) is 6.08 Å². The number of phenolic OH excluding ortho intramolecular Hbond substituents is 1. The second-order valence-corrected chi connectivity index (χ2v) is 6.03. The van der Waals surface area contributed by atoms with Crippen molar-refractivity contribution in [1.29, 1.82) is 0 Å². The molecular weight excluding hydrogens is 418 g/mol. The summed E-state index contributed by atoms with van der Waals surface area (Å²) >= 11 is 3.29. The second-order valence-electron chi connectivity index (χ2n) is 5.18. The van der Waals surface area contributed by atoms with Crippen LogP contribution in [0.4, 0.5) is 0 Å². The number of ether oxygens (including phenoxy) is 1. The average molecular weight is 434 g/mol. The van der Waals surface area contributed by atoms with Gasteiger partial charge in [0.1, 0.15) is 0 Å². The first-order valence-corrected chi connectivity index (χ1v) is 8.36. The topological polar surface area (TPSA) is 120 Å². The number of phenols is 1. The summed E-state index contributed by atoms with van der Waals surface area (Å²) in [5.74, 6) is -0.805. The van der Waals surface area contributed by atoms with Gasteiger partial charge in [0, 0.05) is 21.7 Å². The number of hydrogen-bond acceptors (Lipinski definition) is 6. The fraction of sp³-hybridized carbons (Fsp3) is 0.0556. The average Bonchev–Trinajstić information content (AvgIpc) is 2.68. The first-order chi connectivity index (χ1) is 12.9. The van der Waals surface area contributed by atoms with Crippen LogP contribution in [0.15, 0.2) is 52.0 Å². The number of hydrogen-bond donors (Lipinski definition) is 4. The van der Waals surface area contributed by atoms with Crippen molar-refractivity contribution < 1.29 is 24.6 Å². The standard InChI is InChI=1S/C18H16BrN3O5/c1-27-16-8-13(14(19)9-15(16)23)10-20-21-18(25)12-5-2-11(3-6-12)4-7-17(24)22-26/h2-10,23,26H,1H3,(H,21,25)(H,22,24)/b7-4+,20-10+. The number of rotatable bonds is 6. The Hall–Kier alpha value is -3.17. The number of methoxy groups -OCH3 is 1. The fourth-order valence-corrected chi connectivity index (χ4v) is 2.43. The van der Waals surface area contributed by atoms with Crippen molar-refractivity contribution in [2.24, 2.45) is 5.10 Å². The Morgan fingerprint density at radius 3 is 2.56 bits per heavy atom. The Kier molecular flexibility index (Phi) is 7.09. The van der Waals surface area contributed by atoms with Crippen molar-refractivity contribution in [1.82, 2.24) is 10.9 Å². The molecule has 0 heterocycles. The van der Waals surface area contributed by atoms with Gasteiger partial charge in [0.05, 0.1) is 13.3 Å². The van der Waals surface area contributed by atoms with Crippen LogP contribution in [0.2, 0.25) is 0 Å². The van der Waals surface area contributed by atoms with Gasteiger partial charge in [-0.15, -0.1) is 0 Å². The monoisotopic (exact) mass is 433 g/mol. The summed E-state index contributed by atoms with van der Waals surface area (Å²) in [5.41, 5.74) is 5.54. The lowest BCUT2D eigenvalue weighted by Gasteiger charge is -2.06. The molecule has 0 saturated heterocycles. The molecule has 0 atom stereocenters. The number of aromatic hydroxyl groups is 1. The van der Waals surface area contributed by atoms with Gasteiger partial charge in [-0.25, -0.2) is 10.9 Å². The number of halogens is 1. The lowest BCUT2D eigenvalue weighted by molar-refractivity contribution is -0.124. The van der Waals surface area contributed by atoms with E-state index in [2.05, 4.69) is 26.5 Å². The normalized spacial score (nSPS) is 10.9. The van der Waals surface area contributed by atoms with Gasteiger partial charge >= 0.3 is 0 Å². The lowest BCUT2D eigenvalue weighted by Crippen LogP contribution is -2.17.